The summed E-state index contributed by atoms with van der Waals surface area (Å²) in [6.07, 6.45) is 17.2. The first-order valence-electron chi connectivity index (χ1n) is 9.03. The third-order valence-electron chi connectivity index (χ3n) is 4.27. The standard InChI is InChI=1S/C19H32N2O/c1-2-3-4-5-6-7-8-9-10-11-12-13-14-15-19(16-20,17-21)18-22/h18H,2-15H2,1H3. The van der Waals surface area contributed by atoms with E-state index in [9.17, 15) is 4.79 Å². The van der Waals surface area contributed by atoms with Gasteiger partial charge >= 0.3 is 0 Å². The summed E-state index contributed by atoms with van der Waals surface area (Å²) >= 11 is 0. The van der Waals surface area contributed by atoms with E-state index < -0.39 is 5.41 Å². The lowest BCUT2D eigenvalue weighted by Crippen LogP contribution is -2.17. The molecule has 0 rings (SSSR count). The zero-order valence-electron chi connectivity index (χ0n) is 14.3. The summed E-state index contributed by atoms with van der Waals surface area (Å²) in [5.74, 6) is 0. The van der Waals surface area contributed by atoms with Gasteiger partial charge < -0.3 is 4.79 Å². The summed E-state index contributed by atoms with van der Waals surface area (Å²) in [5, 5.41) is 17.7. The van der Waals surface area contributed by atoms with E-state index in [1.54, 1.807) is 0 Å². The van der Waals surface area contributed by atoms with E-state index in [1.807, 2.05) is 12.1 Å². The van der Waals surface area contributed by atoms with Crippen LogP contribution in [0, 0.1) is 28.1 Å². The summed E-state index contributed by atoms with van der Waals surface area (Å²) in [7, 11) is 0. The van der Waals surface area contributed by atoms with Crippen LogP contribution in [0.15, 0.2) is 0 Å². The highest BCUT2D eigenvalue weighted by atomic mass is 16.1. The van der Waals surface area contributed by atoms with Gasteiger partial charge in [-0.25, -0.2) is 0 Å². The molecule has 0 spiro atoms. The van der Waals surface area contributed by atoms with Crippen LogP contribution < -0.4 is 0 Å². The Kier molecular flexibility index (Phi) is 13.7. The summed E-state index contributed by atoms with van der Waals surface area (Å²) in [6, 6.07) is 3.66. The molecule has 0 aromatic heterocycles. The maximum absolute atomic E-state index is 10.8. The number of hydrogen-bond acceptors (Lipinski definition) is 3. The lowest BCUT2D eigenvalue weighted by molar-refractivity contribution is -0.112. The van der Waals surface area contributed by atoms with Crippen LogP contribution >= 0.6 is 0 Å². The molecular formula is C19H32N2O. The number of nitriles is 2. The number of rotatable bonds is 15. The Morgan fingerprint density at radius 1 is 0.727 bits per heavy atom. The first-order chi connectivity index (χ1) is 10.7. The van der Waals surface area contributed by atoms with E-state index in [0.29, 0.717) is 12.7 Å². The molecule has 0 aliphatic heterocycles. The molecule has 0 heterocycles. The number of hydrogen-bond donors (Lipinski definition) is 0. The minimum Gasteiger partial charge on any atom is -0.300 e. The topological polar surface area (TPSA) is 64.7 Å². The van der Waals surface area contributed by atoms with E-state index in [2.05, 4.69) is 6.92 Å². The third-order valence-corrected chi connectivity index (χ3v) is 4.27. The second-order valence-electron chi connectivity index (χ2n) is 6.31. The van der Waals surface area contributed by atoms with Gasteiger partial charge in [0.05, 0.1) is 12.1 Å². The summed E-state index contributed by atoms with van der Waals surface area (Å²) < 4.78 is 0. The van der Waals surface area contributed by atoms with Crippen LogP contribution in [0.4, 0.5) is 0 Å². The van der Waals surface area contributed by atoms with Crippen molar-refractivity contribution in [2.45, 2.75) is 96.8 Å². The van der Waals surface area contributed by atoms with Gasteiger partial charge in [0.15, 0.2) is 11.7 Å². The number of aldehydes is 1. The molecule has 124 valence electrons. The zero-order valence-corrected chi connectivity index (χ0v) is 14.3. The van der Waals surface area contributed by atoms with E-state index in [4.69, 9.17) is 10.5 Å². The lowest BCUT2D eigenvalue weighted by atomic mass is 9.87. The molecule has 0 unspecified atom stereocenters. The Morgan fingerprint density at radius 3 is 1.41 bits per heavy atom. The average Bonchev–Trinajstić information content (AvgIpc) is 2.56. The third kappa shape index (κ3) is 10.4. The molecule has 0 aliphatic carbocycles. The molecule has 0 fully saturated rings. The van der Waals surface area contributed by atoms with Crippen LogP contribution in [0.3, 0.4) is 0 Å². The normalized spacial score (nSPS) is 10.9. The monoisotopic (exact) mass is 304 g/mol. The quantitative estimate of drug-likeness (QED) is 0.288. The molecular weight excluding hydrogens is 272 g/mol. The fourth-order valence-corrected chi connectivity index (χ4v) is 2.67. The number of unbranched alkanes of at least 4 members (excludes halogenated alkanes) is 12. The maximum atomic E-state index is 10.8. The van der Waals surface area contributed by atoms with Crippen LogP contribution in [-0.2, 0) is 4.79 Å². The molecule has 0 saturated carbocycles. The fraction of sp³-hybridized carbons (Fsp3) is 0.842. The molecule has 0 amide bonds. The van der Waals surface area contributed by atoms with Gasteiger partial charge in [0.1, 0.15) is 0 Å². The molecule has 0 aromatic rings. The maximum Gasteiger partial charge on any atom is 0.198 e. The van der Waals surface area contributed by atoms with Crippen LogP contribution in [0.1, 0.15) is 96.8 Å². The van der Waals surface area contributed by atoms with Crippen molar-refractivity contribution in [3.63, 3.8) is 0 Å². The second kappa shape index (κ2) is 14.6. The van der Waals surface area contributed by atoms with Crippen molar-refractivity contribution in [3.8, 4) is 12.1 Å². The van der Waals surface area contributed by atoms with Gasteiger partial charge in [0.25, 0.3) is 0 Å². The summed E-state index contributed by atoms with van der Waals surface area (Å²) in [6.45, 7) is 2.25. The van der Waals surface area contributed by atoms with Crippen molar-refractivity contribution in [3.05, 3.63) is 0 Å². The van der Waals surface area contributed by atoms with Gasteiger partial charge in [0, 0.05) is 0 Å². The van der Waals surface area contributed by atoms with Gasteiger partial charge in [-0.3, -0.25) is 0 Å². The van der Waals surface area contributed by atoms with Crippen molar-refractivity contribution in [2.75, 3.05) is 0 Å². The smallest absolute Gasteiger partial charge is 0.198 e. The lowest BCUT2D eigenvalue weighted by Gasteiger charge is -2.09. The van der Waals surface area contributed by atoms with Crippen molar-refractivity contribution in [2.24, 2.45) is 5.41 Å². The van der Waals surface area contributed by atoms with Crippen molar-refractivity contribution in [1.82, 2.24) is 0 Å². The molecule has 22 heavy (non-hydrogen) atoms. The Bertz CT molecular complexity index is 337. The molecule has 3 heteroatoms. The summed E-state index contributed by atoms with van der Waals surface area (Å²) in [5.41, 5.74) is -1.40. The predicted octanol–water partition coefficient (Wildman–Crippen LogP) is 5.70. The largest absolute Gasteiger partial charge is 0.300 e. The predicted molar refractivity (Wildman–Crippen MR) is 90.0 cm³/mol. The fourth-order valence-electron chi connectivity index (χ4n) is 2.67. The van der Waals surface area contributed by atoms with E-state index >= 15 is 0 Å². The Hall–Kier alpha value is -1.35. The molecule has 0 radical (unpaired) electrons. The molecule has 3 nitrogen and oxygen atoms in total. The number of carbonyl (C=O) groups excluding carboxylic acids is 1. The molecule has 0 bridgehead atoms. The van der Waals surface area contributed by atoms with Crippen LogP contribution in [0.25, 0.3) is 0 Å². The highest BCUT2D eigenvalue weighted by molar-refractivity contribution is 5.68. The second-order valence-corrected chi connectivity index (χ2v) is 6.31. The van der Waals surface area contributed by atoms with Gasteiger partial charge in [-0.05, 0) is 6.42 Å². The van der Waals surface area contributed by atoms with Crippen molar-refractivity contribution >= 4 is 6.29 Å². The highest BCUT2D eigenvalue weighted by Crippen LogP contribution is 2.21. The molecule has 0 aliphatic rings. The minimum atomic E-state index is -1.40. The first kappa shape index (κ1) is 20.6. The van der Waals surface area contributed by atoms with Gasteiger partial charge in [-0.15, -0.1) is 0 Å². The van der Waals surface area contributed by atoms with E-state index in [0.717, 1.165) is 19.3 Å². The average molecular weight is 304 g/mol. The number of nitrogens with zero attached hydrogens (tertiary/aromatic N) is 2. The Labute approximate surface area is 136 Å². The zero-order chi connectivity index (χ0) is 16.5. The first-order valence-corrected chi connectivity index (χ1v) is 9.03. The van der Waals surface area contributed by atoms with E-state index in [-0.39, 0.29) is 0 Å². The van der Waals surface area contributed by atoms with Gasteiger partial charge in [-0.1, -0.05) is 90.4 Å². The van der Waals surface area contributed by atoms with E-state index in [1.165, 1.54) is 64.2 Å². The van der Waals surface area contributed by atoms with Crippen molar-refractivity contribution < 1.29 is 4.79 Å². The number of carbonyl (C=O) groups is 1. The molecule has 0 saturated heterocycles. The SMILES string of the molecule is CCCCCCCCCCCCCCCC(C#N)(C#N)C=O. The van der Waals surface area contributed by atoms with Crippen molar-refractivity contribution in [1.29, 1.82) is 10.5 Å². The molecule has 0 N–H and O–H groups in total. The highest BCUT2D eigenvalue weighted by Gasteiger charge is 2.28. The van der Waals surface area contributed by atoms with Crippen LogP contribution in [0.2, 0.25) is 0 Å². The Morgan fingerprint density at radius 2 is 1.09 bits per heavy atom. The van der Waals surface area contributed by atoms with Crippen LogP contribution in [0.5, 0.6) is 0 Å². The molecule has 0 aromatic carbocycles. The van der Waals surface area contributed by atoms with Gasteiger partial charge in [0.2, 0.25) is 0 Å². The Balaban J connectivity index is 3.33. The molecule has 0 atom stereocenters. The summed E-state index contributed by atoms with van der Waals surface area (Å²) in [4.78, 5) is 10.8. The van der Waals surface area contributed by atoms with Crippen LogP contribution in [-0.4, -0.2) is 6.29 Å². The van der Waals surface area contributed by atoms with Gasteiger partial charge in [-0.2, -0.15) is 10.5 Å². The minimum absolute atomic E-state index is 0.376.